The van der Waals surface area contributed by atoms with Gasteiger partial charge < -0.3 is 31.2 Å². The standard InChI is InChI=1S/C19H32N4O2S.C10H10N2O/c1-4-22(3)12-10-14(2)20-18(26)17(24)21-16-9-6-11-23(13-16)19(25)15-7-5-8-15;1-6-2-3-8-7(4-6)5-9(12-8)10(11)13/h10,15-16H,4-9,11-13H2,1-3H3,(H,20,26)(H,21,24);2-5,12H,1H3,(H2,11,13)/b14-10+;/t16-;/m0./s1. The second kappa shape index (κ2) is 14.2. The molecule has 1 aromatic heterocycles. The van der Waals surface area contributed by atoms with Gasteiger partial charge in [-0.05, 0) is 71.3 Å². The summed E-state index contributed by atoms with van der Waals surface area (Å²) in [4.78, 5) is 42.8. The van der Waals surface area contributed by atoms with Crippen LogP contribution in [0.1, 0.15) is 62.0 Å². The molecule has 1 aromatic carbocycles. The first-order valence-corrected chi connectivity index (χ1v) is 14.1. The van der Waals surface area contributed by atoms with E-state index in [0.29, 0.717) is 12.2 Å². The van der Waals surface area contributed by atoms with Crippen LogP contribution in [0.25, 0.3) is 10.9 Å². The molecular formula is C29H42N6O3S. The van der Waals surface area contributed by atoms with Crippen molar-refractivity contribution < 1.29 is 14.4 Å². The van der Waals surface area contributed by atoms with Gasteiger partial charge in [-0.1, -0.05) is 43.3 Å². The molecule has 0 bridgehead atoms. The Bertz CT molecular complexity index is 1220. The number of carbonyl (C=O) groups is 3. The number of primary amides is 1. The number of rotatable bonds is 7. The van der Waals surface area contributed by atoms with Crippen molar-refractivity contribution in [2.75, 3.05) is 33.2 Å². The molecule has 2 aliphatic rings. The molecule has 5 N–H and O–H groups in total. The van der Waals surface area contributed by atoms with Crippen LogP contribution in [0.2, 0.25) is 0 Å². The number of hydrogen-bond donors (Lipinski definition) is 4. The molecule has 0 unspecified atom stereocenters. The molecule has 2 heterocycles. The summed E-state index contributed by atoms with van der Waals surface area (Å²) in [5.74, 6) is -0.218. The second-order valence-corrected chi connectivity index (χ2v) is 11.0. The summed E-state index contributed by atoms with van der Waals surface area (Å²) in [6.45, 7) is 9.18. The second-order valence-electron chi connectivity index (χ2n) is 10.6. The number of allylic oxidation sites excluding steroid dienone is 1. The number of aryl methyl sites for hydroxylation is 1. The quantitative estimate of drug-likeness (QED) is 0.390. The fourth-order valence-electron chi connectivity index (χ4n) is 4.55. The number of hydrogen-bond acceptors (Lipinski definition) is 5. The minimum Gasteiger partial charge on any atom is -0.364 e. The lowest BCUT2D eigenvalue weighted by molar-refractivity contribution is -0.140. The van der Waals surface area contributed by atoms with E-state index in [9.17, 15) is 14.4 Å². The molecule has 3 amide bonds. The van der Waals surface area contributed by atoms with Gasteiger partial charge in [-0.15, -0.1) is 0 Å². The molecule has 1 aliphatic heterocycles. The van der Waals surface area contributed by atoms with E-state index >= 15 is 0 Å². The van der Waals surface area contributed by atoms with Crippen LogP contribution < -0.4 is 16.4 Å². The predicted molar refractivity (Wildman–Crippen MR) is 159 cm³/mol. The Morgan fingerprint density at radius 2 is 1.95 bits per heavy atom. The Morgan fingerprint density at radius 3 is 2.59 bits per heavy atom. The van der Waals surface area contributed by atoms with Crippen LogP contribution in [0, 0.1) is 12.8 Å². The zero-order valence-corrected chi connectivity index (χ0v) is 24.3. The average molecular weight is 555 g/mol. The van der Waals surface area contributed by atoms with Gasteiger partial charge in [-0.2, -0.15) is 0 Å². The lowest BCUT2D eigenvalue weighted by Gasteiger charge is -2.37. The zero-order chi connectivity index (χ0) is 28.5. The number of likely N-dealkylation sites (tertiary alicyclic amines) is 1. The molecule has 1 saturated heterocycles. The van der Waals surface area contributed by atoms with Crippen LogP contribution in [0.4, 0.5) is 0 Å². The van der Waals surface area contributed by atoms with Gasteiger partial charge in [0.05, 0.1) is 0 Å². The third-order valence-electron chi connectivity index (χ3n) is 7.33. The minimum absolute atomic E-state index is 0.0180. The fraction of sp³-hybridized carbons (Fsp3) is 0.517. The van der Waals surface area contributed by atoms with Gasteiger partial charge >= 0.3 is 0 Å². The predicted octanol–water partition coefficient (Wildman–Crippen LogP) is 3.24. The van der Waals surface area contributed by atoms with Crippen LogP contribution in [-0.4, -0.2) is 76.8 Å². The van der Waals surface area contributed by atoms with E-state index < -0.39 is 5.91 Å². The molecule has 10 heteroatoms. The Hall–Kier alpha value is -3.24. The summed E-state index contributed by atoms with van der Waals surface area (Å²) >= 11 is 5.22. The smallest absolute Gasteiger partial charge is 0.279 e. The summed E-state index contributed by atoms with van der Waals surface area (Å²) in [5.41, 5.74) is 8.59. The van der Waals surface area contributed by atoms with E-state index in [0.717, 1.165) is 68.3 Å². The van der Waals surface area contributed by atoms with E-state index in [4.69, 9.17) is 18.0 Å². The highest BCUT2D eigenvalue weighted by molar-refractivity contribution is 7.82. The molecular weight excluding hydrogens is 512 g/mol. The highest BCUT2D eigenvalue weighted by Gasteiger charge is 2.32. The van der Waals surface area contributed by atoms with Gasteiger partial charge in [-0.25, -0.2) is 0 Å². The maximum atomic E-state index is 12.4. The van der Waals surface area contributed by atoms with Crippen LogP contribution >= 0.6 is 12.2 Å². The Balaban J connectivity index is 0.000000268. The molecule has 9 nitrogen and oxygen atoms in total. The van der Waals surface area contributed by atoms with Crippen molar-refractivity contribution in [1.82, 2.24) is 25.4 Å². The summed E-state index contributed by atoms with van der Waals surface area (Å²) in [7, 11) is 2.04. The Labute approximate surface area is 236 Å². The van der Waals surface area contributed by atoms with Crippen molar-refractivity contribution in [3.63, 3.8) is 0 Å². The number of nitrogens with zero attached hydrogens (tertiary/aromatic N) is 2. The SMILES string of the molecule is CCN(C)C/C=C(\C)NC(=S)C(=O)N[C@H]1CCCN(C(=O)C2CCC2)C1.Cc1ccc2[nH]c(C(N)=O)cc2c1. The number of likely N-dealkylation sites (N-methyl/N-ethyl adjacent to an activating group) is 1. The van der Waals surface area contributed by atoms with E-state index in [1.54, 1.807) is 6.07 Å². The largest absolute Gasteiger partial charge is 0.364 e. The minimum atomic E-state index is -0.422. The fourth-order valence-corrected chi connectivity index (χ4v) is 4.77. The first-order valence-electron chi connectivity index (χ1n) is 13.7. The number of carbonyl (C=O) groups excluding carboxylic acids is 3. The number of benzene rings is 1. The lowest BCUT2D eigenvalue weighted by atomic mass is 9.84. The summed E-state index contributed by atoms with van der Waals surface area (Å²) in [6, 6.07) is 7.69. The number of nitrogens with one attached hydrogen (secondary N) is 3. The average Bonchev–Trinajstić information content (AvgIpc) is 3.30. The summed E-state index contributed by atoms with van der Waals surface area (Å²) < 4.78 is 0. The van der Waals surface area contributed by atoms with Gasteiger partial charge in [0.1, 0.15) is 5.69 Å². The van der Waals surface area contributed by atoms with Crippen LogP contribution in [0.15, 0.2) is 36.0 Å². The molecule has 4 rings (SSSR count). The number of nitrogens with two attached hydrogens (primary N) is 1. The van der Waals surface area contributed by atoms with Gasteiger partial charge in [0.15, 0.2) is 4.99 Å². The monoisotopic (exact) mass is 554 g/mol. The number of aromatic amines is 1. The van der Waals surface area contributed by atoms with E-state index in [1.807, 2.05) is 50.1 Å². The molecule has 1 aliphatic carbocycles. The third-order valence-corrected chi connectivity index (χ3v) is 7.62. The molecule has 0 radical (unpaired) electrons. The first kappa shape index (κ1) is 30.3. The number of fused-ring (bicyclic) bond motifs is 1. The molecule has 1 atom stereocenters. The molecule has 39 heavy (non-hydrogen) atoms. The van der Waals surface area contributed by atoms with E-state index in [2.05, 4.69) is 27.4 Å². The molecule has 212 valence electrons. The van der Waals surface area contributed by atoms with Crippen LogP contribution in [0.3, 0.4) is 0 Å². The number of thiocarbonyl (C=S) groups is 1. The van der Waals surface area contributed by atoms with Crippen molar-refractivity contribution in [2.45, 2.75) is 58.9 Å². The maximum absolute atomic E-state index is 12.4. The maximum Gasteiger partial charge on any atom is 0.279 e. The third kappa shape index (κ3) is 8.90. The molecule has 0 spiro atoms. The van der Waals surface area contributed by atoms with Crippen LogP contribution in [-0.2, 0) is 9.59 Å². The normalized spacial score (nSPS) is 17.7. The first-order chi connectivity index (χ1) is 18.6. The lowest BCUT2D eigenvalue weighted by Crippen LogP contribution is -2.53. The van der Waals surface area contributed by atoms with Gasteiger partial charge in [0.25, 0.3) is 11.8 Å². The van der Waals surface area contributed by atoms with Gasteiger partial charge in [0, 0.05) is 48.2 Å². The highest BCUT2D eigenvalue weighted by atomic mass is 32.1. The van der Waals surface area contributed by atoms with Gasteiger partial charge in [0.2, 0.25) is 5.91 Å². The van der Waals surface area contributed by atoms with Crippen molar-refractivity contribution in [3.8, 4) is 0 Å². The Morgan fingerprint density at radius 1 is 1.21 bits per heavy atom. The van der Waals surface area contributed by atoms with Crippen molar-refractivity contribution in [2.24, 2.45) is 11.7 Å². The van der Waals surface area contributed by atoms with Crippen LogP contribution in [0.5, 0.6) is 0 Å². The van der Waals surface area contributed by atoms with Crippen molar-refractivity contribution in [3.05, 3.63) is 47.3 Å². The summed E-state index contributed by atoms with van der Waals surface area (Å²) in [5, 5.41) is 7.00. The van der Waals surface area contributed by atoms with E-state index in [-0.39, 0.29) is 28.8 Å². The number of amides is 3. The number of piperidine rings is 1. The number of H-pyrrole nitrogens is 1. The highest BCUT2D eigenvalue weighted by Crippen LogP contribution is 2.29. The van der Waals surface area contributed by atoms with Crippen molar-refractivity contribution >= 4 is 45.8 Å². The molecule has 2 fully saturated rings. The van der Waals surface area contributed by atoms with Crippen molar-refractivity contribution in [1.29, 1.82) is 0 Å². The number of aromatic nitrogens is 1. The molecule has 1 saturated carbocycles. The van der Waals surface area contributed by atoms with Gasteiger partial charge in [-0.3, -0.25) is 14.4 Å². The molecule has 2 aromatic rings. The van der Waals surface area contributed by atoms with E-state index in [1.165, 1.54) is 5.56 Å². The summed E-state index contributed by atoms with van der Waals surface area (Å²) in [6.07, 6.45) is 7.01. The zero-order valence-electron chi connectivity index (χ0n) is 23.5. The topological polar surface area (TPSA) is 124 Å². The Kier molecular flexibility index (Phi) is 11.1.